The molecule has 2 N–H and O–H groups in total. The van der Waals surface area contributed by atoms with Gasteiger partial charge in [0.05, 0.1) is 11.8 Å². The summed E-state index contributed by atoms with van der Waals surface area (Å²) in [7, 11) is 0. The van der Waals surface area contributed by atoms with Gasteiger partial charge in [-0.3, -0.25) is 9.89 Å². The number of hydrogen-bond donors (Lipinski definition) is 2. The molecule has 0 aliphatic carbocycles. The summed E-state index contributed by atoms with van der Waals surface area (Å²) in [6, 6.07) is 0. The smallest absolute Gasteiger partial charge is 0.254 e. The minimum Gasteiger partial charge on any atom is -0.350 e. The molecule has 1 amide bonds. The van der Waals surface area contributed by atoms with Crippen molar-refractivity contribution in [1.29, 1.82) is 0 Å². The van der Waals surface area contributed by atoms with Crippen molar-refractivity contribution in [2.75, 3.05) is 6.54 Å². The zero-order valence-electron chi connectivity index (χ0n) is 7.60. The van der Waals surface area contributed by atoms with E-state index in [0.29, 0.717) is 12.1 Å². The second-order valence-corrected chi connectivity index (χ2v) is 3.64. The quantitative estimate of drug-likeness (QED) is 0.719. The summed E-state index contributed by atoms with van der Waals surface area (Å²) >= 11 is 5.68. The number of aromatic amines is 1. The Kier molecular flexibility index (Phi) is 3.31. The molecule has 72 valence electrons. The Hall–Kier alpha value is -1.03. The minimum absolute atomic E-state index is 0.0591. The maximum atomic E-state index is 11.4. The molecule has 5 heteroatoms. The fourth-order valence-electron chi connectivity index (χ4n) is 0.908. The number of aryl methyl sites for hydroxylation is 1. The third kappa shape index (κ3) is 2.73. The Morgan fingerprint density at radius 1 is 1.85 bits per heavy atom. The van der Waals surface area contributed by atoms with Crippen molar-refractivity contribution in [2.45, 2.75) is 19.2 Å². The number of aromatic nitrogens is 2. The first-order valence-corrected chi connectivity index (χ1v) is 4.47. The SMILES string of the molecule is Cc1[nH]ncc1C(=O)NCC(C)Cl. The van der Waals surface area contributed by atoms with Crippen LogP contribution in [-0.4, -0.2) is 28.0 Å². The van der Waals surface area contributed by atoms with Gasteiger partial charge in [-0.25, -0.2) is 0 Å². The van der Waals surface area contributed by atoms with Gasteiger partial charge in [-0.1, -0.05) is 0 Å². The molecule has 0 fully saturated rings. The van der Waals surface area contributed by atoms with E-state index in [1.54, 1.807) is 6.92 Å². The van der Waals surface area contributed by atoms with Crippen molar-refractivity contribution in [3.05, 3.63) is 17.5 Å². The van der Waals surface area contributed by atoms with Crippen LogP contribution in [0.4, 0.5) is 0 Å². The predicted octanol–water partition coefficient (Wildman–Crippen LogP) is 1.08. The maximum absolute atomic E-state index is 11.4. The van der Waals surface area contributed by atoms with Gasteiger partial charge in [0.25, 0.3) is 5.91 Å². The number of amides is 1. The van der Waals surface area contributed by atoms with Crippen LogP contribution in [0.2, 0.25) is 0 Å². The molecule has 0 aliphatic heterocycles. The molecular formula is C8H12ClN3O. The molecule has 0 aromatic carbocycles. The van der Waals surface area contributed by atoms with Crippen LogP contribution in [0.3, 0.4) is 0 Å². The fraction of sp³-hybridized carbons (Fsp3) is 0.500. The van der Waals surface area contributed by atoms with Crippen LogP contribution in [0.5, 0.6) is 0 Å². The maximum Gasteiger partial charge on any atom is 0.254 e. The van der Waals surface area contributed by atoms with Gasteiger partial charge in [-0.05, 0) is 13.8 Å². The molecule has 1 heterocycles. The van der Waals surface area contributed by atoms with Crippen LogP contribution in [0.15, 0.2) is 6.20 Å². The van der Waals surface area contributed by atoms with Crippen LogP contribution in [0, 0.1) is 6.92 Å². The predicted molar refractivity (Wildman–Crippen MR) is 51.0 cm³/mol. The molecular weight excluding hydrogens is 190 g/mol. The number of rotatable bonds is 3. The summed E-state index contributed by atoms with van der Waals surface area (Å²) in [5.74, 6) is -0.140. The van der Waals surface area contributed by atoms with E-state index in [2.05, 4.69) is 15.5 Å². The standard InChI is InChI=1S/C8H12ClN3O/c1-5(9)3-10-8(13)7-4-11-12-6(7)2/h4-5H,3H2,1-2H3,(H,10,13)(H,11,12). The minimum atomic E-state index is -0.140. The summed E-state index contributed by atoms with van der Waals surface area (Å²) in [5.41, 5.74) is 1.33. The van der Waals surface area contributed by atoms with Crippen LogP contribution < -0.4 is 5.32 Å². The van der Waals surface area contributed by atoms with E-state index in [-0.39, 0.29) is 11.3 Å². The van der Waals surface area contributed by atoms with Crippen molar-refractivity contribution in [1.82, 2.24) is 15.5 Å². The van der Waals surface area contributed by atoms with Gasteiger partial charge in [0.15, 0.2) is 0 Å². The van der Waals surface area contributed by atoms with E-state index in [9.17, 15) is 4.79 Å². The highest BCUT2D eigenvalue weighted by atomic mass is 35.5. The monoisotopic (exact) mass is 201 g/mol. The molecule has 1 aromatic rings. The average molecular weight is 202 g/mol. The fourth-order valence-corrected chi connectivity index (χ4v) is 0.985. The summed E-state index contributed by atoms with van der Waals surface area (Å²) in [6.45, 7) is 4.08. The van der Waals surface area contributed by atoms with E-state index >= 15 is 0 Å². The van der Waals surface area contributed by atoms with Crippen molar-refractivity contribution in [3.63, 3.8) is 0 Å². The number of nitrogens with one attached hydrogen (secondary N) is 2. The van der Waals surface area contributed by atoms with Gasteiger partial charge in [0, 0.05) is 17.6 Å². The number of carbonyl (C=O) groups is 1. The van der Waals surface area contributed by atoms with E-state index in [1.165, 1.54) is 6.20 Å². The Bertz CT molecular complexity index is 295. The Morgan fingerprint density at radius 3 is 3.00 bits per heavy atom. The van der Waals surface area contributed by atoms with Gasteiger partial charge >= 0.3 is 0 Å². The van der Waals surface area contributed by atoms with E-state index in [4.69, 9.17) is 11.6 Å². The lowest BCUT2D eigenvalue weighted by Crippen LogP contribution is -2.28. The normalized spacial score (nSPS) is 12.5. The Labute approximate surface area is 81.7 Å². The van der Waals surface area contributed by atoms with Gasteiger partial charge in [0.1, 0.15) is 0 Å². The van der Waals surface area contributed by atoms with Gasteiger partial charge in [-0.15, -0.1) is 11.6 Å². The molecule has 1 atom stereocenters. The molecule has 4 nitrogen and oxygen atoms in total. The zero-order chi connectivity index (χ0) is 9.84. The van der Waals surface area contributed by atoms with E-state index in [0.717, 1.165) is 5.69 Å². The number of H-pyrrole nitrogens is 1. The second-order valence-electron chi connectivity index (χ2n) is 2.90. The molecule has 0 spiro atoms. The highest BCUT2D eigenvalue weighted by Gasteiger charge is 2.10. The van der Waals surface area contributed by atoms with Crippen LogP contribution in [0.25, 0.3) is 0 Å². The first-order chi connectivity index (χ1) is 6.11. The Balaban J connectivity index is 2.54. The van der Waals surface area contributed by atoms with Crippen molar-refractivity contribution < 1.29 is 4.79 Å². The van der Waals surface area contributed by atoms with Crippen LogP contribution >= 0.6 is 11.6 Å². The highest BCUT2D eigenvalue weighted by molar-refractivity contribution is 6.20. The summed E-state index contributed by atoms with van der Waals surface area (Å²) < 4.78 is 0. The number of nitrogens with zero attached hydrogens (tertiary/aromatic N) is 1. The molecule has 0 saturated heterocycles. The molecule has 0 aliphatic rings. The molecule has 1 rings (SSSR count). The molecule has 0 radical (unpaired) electrons. The van der Waals surface area contributed by atoms with E-state index < -0.39 is 0 Å². The first kappa shape index (κ1) is 10.1. The third-order valence-corrected chi connectivity index (χ3v) is 1.77. The lowest BCUT2D eigenvalue weighted by Gasteiger charge is -2.04. The number of carbonyl (C=O) groups excluding carboxylic acids is 1. The second kappa shape index (κ2) is 4.28. The molecule has 1 unspecified atom stereocenters. The lowest BCUT2D eigenvalue weighted by atomic mass is 10.2. The van der Waals surface area contributed by atoms with Crippen molar-refractivity contribution >= 4 is 17.5 Å². The van der Waals surface area contributed by atoms with Gasteiger partial charge < -0.3 is 5.32 Å². The lowest BCUT2D eigenvalue weighted by molar-refractivity contribution is 0.0953. The molecule has 0 saturated carbocycles. The highest BCUT2D eigenvalue weighted by Crippen LogP contribution is 2.02. The van der Waals surface area contributed by atoms with Crippen molar-refractivity contribution in [2.24, 2.45) is 0 Å². The molecule has 0 bridgehead atoms. The van der Waals surface area contributed by atoms with Gasteiger partial charge in [0.2, 0.25) is 0 Å². The topological polar surface area (TPSA) is 57.8 Å². The number of alkyl halides is 1. The van der Waals surface area contributed by atoms with E-state index in [1.807, 2.05) is 6.92 Å². The van der Waals surface area contributed by atoms with Crippen molar-refractivity contribution in [3.8, 4) is 0 Å². The molecule has 1 aromatic heterocycles. The zero-order valence-corrected chi connectivity index (χ0v) is 8.35. The number of halogens is 1. The largest absolute Gasteiger partial charge is 0.350 e. The molecule has 13 heavy (non-hydrogen) atoms. The first-order valence-electron chi connectivity index (χ1n) is 4.03. The third-order valence-electron chi connectivity index (χ3n) is 1.62. The van der Waals surface area contributed by atoms with Gasteiger partial charge in [-0.2, -0.15) is 5.10 Å². The summed E-state index contributed by atoms with van der Waals surface area (Å²) in [6.07, 6.45) is 1.50. The summed E-state index contributed by atoms with van der Waals surface area (Å²) in [4.78, 5) is 11.4. The summed E-state index contributed by atoms with van der Waals surface area (Å²) in [5, 5.41) is 9.08. The van der Waals surface area contributed by atoms with Crippen LogP contribution in [0.1, 0.15) is 23.0 Å². The average Bonchev–Trinajstić information content (AvgIpc) is 2.47. The van der Waals surface area contributed by atoms with Crippen LogP contribution in [-0.2, 0) is 0 Å². The Morgan fingerprint density at radius 2 is 2.54 bits per heavy atom. The number of hydrogen-bond acceptors (Lipinski definition) is 2.